The smallest absolute Gasteiger partial charge is 0.240 e. The number of aromatic nitrogens is 3. The summed E-state index contributed by atoms with van der Waals surface area (Å²) in [5.41, 5.74) is 8.11. The summed E-state index contributed by atoms with van der Waals surface area (Å²) >= 11 is 0. The van der Waals surface area contributed by atoms with E-state index in [1.165, 1.54) is 0 Å². The zero-order valence-corrected chi connectivity index (χ0v) is 15.5. The molecule has 1 unspecified atom stereocenters. The standard InChI is InChI=1S/C17H25N5O.ClH/c1-5-8-17(4,18)16(23)20-11-14-6-7-15(19-10-14)22-13(3)9-12(2)21-22;/h6-7,9-10H,5,8,11,18H2,1-4H3,(H,20,23);1H. The SMILES string of the molecule is CCCC(C)(N)C(=O)NCc1ccc(-n2nc(C)cc2C)nc1.Cl. The zero-order chi connectivity index (χ0) is 17.0. The lowest BCUT2D eigenvalue weighted by atomic mass is 9.96. The van der Waals surface area contributed by atoms with Crippen LogP contribution < -0.4 is 11.1 Å². The molecule has 2 aromatic rings. The third kappa shape index (κ3) is 4.79. The molecule has 0 saturated carbocycles. The van der Waals surface area contributed by atoms with E-state index in [1.807, 2.05) is 39.0 Å². The summed E-state index contributed by atoms with van der Waals surface area (Å²) in [6.45, 7) is 8.13. The molecule has 2 aromatic heterocycles. The van der Waals surface area contributed by atoms with Crippen LogP contribution >= 0.6 is 12.4 Å². The van der Waals surface area contributed by atoms with Gasteiger partial charge in [-0.3, -0.25) is 4.79 Å². The molecule has 0 aromatic carbocycles. The van der Waals surface area contributed by atoms with Crippen LogP contribution in [0.4, 0.5) is 0 Å². The van der Waals surface area contributed by atoms with Gasteiger partial charge in [0.2, 0.25) is 5.91 Å². The van der Waals surface area contributed by atoms with Gasteiger partial charge in [0.25, 0.3) is 0 Å². The quantitative estimate of drug-likeness (QED) is 0.837. The number of pyridine rings is 1. The number of rotatable bonds is 6. The van der Waals surface area contributed by atoms with E-state index in [0.717, 1.165) is 29.2 Å². The first kappa shape index (κ1) is 20.1. The highest BCUT2D eigenvalue weighted by atomic mass is 35.5. The van der Waals surface area contributed by atoms with Crippen molar-refractivity contribution in [3.05, 3.63) is 41.3 Å². The van der Waals surface area contributed by atoms with Gasteiger partial charge in [-0.15, -0.1) is 12.4 Å². The molecule has 0 aliphatic heterocycles. The Labute approximate surface area is 149 Å². The van der Waals surface area contributed by atoms with Gasteiger partial charge >= 0.3 is 0 Å². The Kier molecular flexibility index (Phi) is 6.93. The lowest BCUT2D eigenvalue weighted by Crippen LogP contribution is -2.51. The maximum absolute atomic E-state index is 12.1. The molecule has 0 fully saturated rings. The van der Waals surface area contributed by atoms with Crippen molar-refractivity contribution >= 4 is 18.3 Å². The molecule has 0 radical (unpaired) electrons. The van der Waals surface area contributed by atoms with E-state index in [4.69, 9.17) is 5.73 Å². The first-order chi connectivity index (χ1) is 10.8. The van der Waals surface area contributed by atoms with Gasteiger partial charge in [-0.25, -0.2) is 9.67 Å². The van der Waals surface area contributed by atoms with Crippen molar-refractivity contribution < 1.29 is 4.79 Å². The summed E-state index contributed by atoms with van der Waals surface area (Å²) in [7, 11) is 0. The van der Waals surface area contributed by atoms with Gasteiger partial charge in [0.1, 0.15) is 0 Å². The highest BCUT2D eigenvalue weighted by molar-refractivity contribution is 5.85. The van der Waals surface area contributed by atoms with Gasteiger partial charge in [-0.05, 0) is 44.9 Å². The van der Waals surface area contributed by atoms with Crippen LogP contribution in [0.25, 0.3) is 5.82 Å². The number of aryl methyl sites for hydroxylation is 2. The number of nitrogens with zero attached hydrogens (tertiary/aromatic N) is 3. The Morgan fingerprint density at radius 2 is 2.08 bits per heavy atom. The second kappa shape index (κ2) is 8.26. The summed E-state index contributed by atoms with van der Waals surface area (Å²) in [4.78, 5) is 16.5. The van der Waals surface area contributed by atoms with Gasteiger partial charge in [0.05, 0.1) is 11.2 Å². The topological polar surface area (TPSA) is 85.8 Å². The number of carbonyl (C=O) groups is 1. The van der Waals surface area contributed by atoms with Crippen molar-refractivity contribution in [1.82, 2.24) is 20.1 Å². The van der Waals surface area contributed by atoms with Gasteiger partial charge < -0.3 is 11.1 Å². The fourth-order valence-corrected chi connectivity index (χ4v) is 2.52. The molecule has 0 bridgehead atoms. The Hall–Kier alpha value is -1.92. The Morgan fingerprint density at radius 3 is 2.58 bits per heavy atom. The van der Waals surface area contributed by atoms with Gasteiger partial charge in [-0.2, -0.15) is 5.10 Å². The predicted molar refractivity (Wildman–Crippen MR) is 97.4 cm³/mol. The first-order valence-corrected chi connectivity index (χ1v) is 7.89. The number of nitrogens with two attached hydrogens (primary N) is 1. The minimum absolute atomic E-state index is 0. The lowest BCUT2D eigenvalue weighted by Gasteiger charge is -2.22. The Balaban J connectivity index is 0.00000288. The minimum Gasteiger partial charge on any atom is -0.350 e. The van der Waals surface area contributed by atoms with Crippen LogP contribution in [0.1, 0.15) is 43.6 Å². The molecule has 24 heavy (non-hydrogen) atoms. The fourth-order valence-electron chi connectivity index (χ4n) is 2.52. The highest BCUT2D eigenvalue weighted by Gasteiger charge is 2.26. The monoisotopic (exact) mass is 351 g/mol. The van der Waals surface area contributed by atoms with Crippen LogP contribution in [0, 0.1) is 13.8 Å². The maximum atomic E-state index is 12.1. The molecule has 2 rings (SSSR count). The number of carbonyl (C=O) groups excluding carboxylic acids is 1. The highest BCUT2D eigenvalue weighted by Crippen LogP contribution is 2.11. The van der Waals surface area contributed by atoms with Gasteiger partial charge in [0.15, 0.2) is 5.82 Å². The van der Waals surface area contributed by atoms with Crippen LogP contribution in [0.15, 0.2) is 24.4 Å². The van der Waals surface area contributed by atoms with Crippen LogP contribution in [0.2, 0.25) is 0 Å². The molecular weight excluding hydrogens is 326 g/mol. The van der Waals surface area contributed by atoms with Crippen LogP contribution in [0.3, 0.4) is 0 Å². The van der Waals surface area contributed by atoms with Crippen LogP contribution in [0.5, 0.6) is 0 Å². The zero-order valence-electron chi connectivity index (χ0n) is 14.7. The molecule has 0 saturated heterocycles. The maximum Gasteiger partial charge on any atom is 0.240 e. The van der Waals surface area contributed by atoms with Crippen molar-refractivity contribution in [2.75, 3.05) is 0 Å². The Morgan fingerprint density at radius 1 is 1.38 bits per heavy atom. The van der Waals surface area contributed by atoms with E-state index in [9.17, 15) is 4.79 Å². The van der Waals surface area contributed by atoms with E-state index in [0.29, 0.717) is 13.0 Å². The van der Waals surface area contributed by atoms with E-state index in [-0.39, 0.29) is 18.3 Å². The van der Waals surface area contributed by atoms with Crippen molar-refractivity contribution in [3.8, 4) is 5.82 Å². The average Bonchev–Trinajstić information content (AvgIpc) is 2.84. The van der Waals surface area contributed by atoms with E-state index in [1.54, 1.807) is 17.8 Å². The number of amides is 1. The Bertz CT molecular complexity index is 679. The number of hydrogen-bond acceptors (Lipinski definition) is 4. The number of hydrogen-bond donors (Lipinski definition) is 2. The van der Waals surface area contributed by atoms with Crippen molar-refractivity contribution in [2.24, 2.45) is 5.73 Å². The summed E-state index contributed by atoms with van der Waals surface area (Å²) in [5.74, 6) is 0.627. The number of nitrogens with one attached hydrogen (secondary N) is 1. The summed E-state index contributed by atoms with van der Waals surface area (Å²) in [5, 5.41) is 7.28. The second-order valence-electron chi connectivity index (χ2n) is 6.21. The summed E-state index contributed by atoms with van der Waals surface area (Å²) in [6.07, 6.45) is 3.28. The molecule has 0 aliphatic rings. The van der Waals surface area contributed by atoms with Gasteiger partial charge in [0, 0.05) is 18.4 Å². The molecule has 7 heteroatoms. The molecule has 132 valence electrons. The molecule has 6 nitrogen and oxygen atoms in total. The molecule has 3 N–H and O–H groups in total. The normalized spacial score (nSPS) is 13.0. The average molecular weight is 352 g/mol. The fraction of sp³-hybridized carbons (Fsp3) is 0.471. The third-order valence-corrected chi connectivity index (χ3v) is 3.78. The van der Waals surface area contributed by atoms with Crippen molar-refractivity contribution in [2.45, 2.75) is 52.6 Å². The van der Waals surface area contributed by atoms with E-state index in [2.05, 4.69) is 15.4 Å². The second-order valence-corrected chi connectivity index (χ2v) is 6.21. The molecule has 0 spiro atoms. The predicted octanol–water partition coefficient (Wildman–Crippen LogP) is 2.44. The minimum atomic E-state index is -0.828. The van der Waals surface area contributed by atoms with Crippen molar-refractivity contribution in [1.29, 1.82) is 0 Å². The molecule has 2 heterocycles. The lowest BCUT2D eigenvalue weighted by molar-refractivity contribution is -0.126. The molecule has 0 aliphatic carbocycles. The molecular formula is C17H26ClN5O. The van der Waals surface area contributed by atoms with Crippen molar-refractivity contribution in [3.63, 3.8) is 0 Å². The largest absolute Gasteiger partial charge is 0.350 e. The van der Waals surface area contributed by atoms with Gasteiger partial charge in [-0.1, -0.05) is 19.4 Å². The van der Waals surface area contributed by atoms with Crippen LogP contribution in [-0.2, 0) is 11.3 Å². The first-order valence-electron chi connectivity index (χ1n) is 7.89. The third-order valence-electron chi connectivity index (χ3n) is 3.78. The van der Waals surface area contributed by atoms with Crippen LogP contribution in [-0.4, -0.2) is 26.2 Å². The van der Waals surface area contributed by atoms with E-state index >= 15 is 0 Å². The summed E-state index contributed by atoms with van der Waals surface area (Å²) in [6, 6.07) is 5.84. The summed E-state index contributed by atoms with van der Waals surface area (Å²) < 4.78 is 1.80. The molecule has 1 atom stereocenters. The van der Waals surface area contributed by atoms with E-state index < -0.39 is 5.54 Å². The number of halogens is 1. The molecule has 1 amide bonds.